The number of halogens is 1. The van der Waals surface area contributed by atoms with E-state index >= 15 is 0 Å². The van der Waals surface area contributed by atoms with Crippen LogP contribution in [0.2, 0.25) is 5.02 Å². The first-order chi connectivity index (χ1) is 9.04. The Hall–Kier alpha value is -1.43. The molecule has 0 aliphatic rings. The second-order valence-electron chi connectivity index (χ2n) is 4.56. The van der Waals surface area contributed by atoms with E-state index in [9.17, 15) is 5.11 Å². The molecule has 0 aliphatic heterocycles. The third-order valence-electron chi connectivity index (χ3n) is 2.55. The first-order valence-electron chi connectivity index (χ1n) is 5.99. The van der Waals surface area contributed by atoms with Crippen LogP contribution in [0.15, 0.2) is 28.8 Å². The molecule has 2 rings (SSSR count). The van der Waals surface area contributed by atoms with E-state index in [0.717, 1.165) is 5.56 Å². The van der Waals surface area contributed by atoms with Crippen molar-refractivity contribution in [1.29, 1.82) is 0 Å². The van der Waals surface area contributed by atoms with E-state index < -0.39 is 0 Å². The van der Waals surface area contributed by atoms with E-state index in [2.05, 4.69) is 10.1 Å². The molecule has 19 heavy (non-hydrogen) atoms. The van der Waals surface area contributed by atoms with Crippen molar-refractivity contribution < 1.29 is 9.63 Å². The number of aliphatic hydroxyl groups is 1. The summed E-state index contributed by atoms with van der Waals surface area (Å²) in [7, 11) is 1.89. The quantitative estimate of drug-likeness (QED) is 0.910. The molecule has 1 unspecified atom stereocenters. The van der Waals surface area contributed by atoms with Gasteiger partial charge in [-0.25, -0.2) is 0 Å². The zero-order valence-corrected chi connectivity index (χ0v) is 11.6. The summed E-state index contributed by atoms with van der Waals surface area (Å²) in [5, 5.41) is 13.9. The standard InChI is InChI=1S/C13H16ClN3O2/c1-9(18)7-17(2)8-12-15-13(16-19-12)10-3-5-11(14)6-4-10/h3-6,9,18H,7-8H2,1-2H3. The predicted molar refractivity (Wildman–Crippen MR) is 72.8 cm³/mol. The summed E-state index contributed by atoms with van der Waals surface area (Å²) in [5.41, 5.74) is 0.859. The van der Waals surface area contributed by atoms with Crippen molar-refractivity contribution in [3.63, 3.8) is 0 Å². The van der Waals surface area contributed by atoms with Gasteiger partial charge in [-0.1, -0.05) is 16.8 Å². The van der Waals surface area contributed by atoms with Gasteiger partial charge in [0, 0.05) is 17.1 Å². The van der Waals surface area contributed by atoms with E-state index in [1.807, 2.05) is 24.1 Å². The topological polar surface area (TPSA) is 62.4 Å². The first-order valence-corrected chi connectivity index (χ1v) is 6.37. The largest absolute Gasteiger partial charge is 0.392 e. The smallest absolute Gasteiger partial charge is 0.241 e. The third kappa shape index (κ3) is 4.02. The lowest BCUT2D eigenvalue weighted by molar-refractivity contribution is 0.131. The Bertz CT molecular complexity index is 525. The van der Waals surface area contributed by atoms with Crippen LogP contribution in [-0.4, -0.2) is 39.8 Å². The van der Waals surface area contributed by atoms with E-state index in [-0.39, 0.29) is 6.10 Å². The number of aliphatic hydroxyl groups excluding tert-OH is 1. The van der Waals surface area contributed by atoms with Crippen molar-refractivity contribution in [3.05, 3.63) is 35.2 Å². The molecule has 6 heteroatoms. The monoisotopic (exact) mass is 281 g/mol. The highest BCUT2D eigenvalue weighted by Crippen LogP contribution is 2.18. The fourth-order valence-electron chi connectivity index (χ4n) is 1.78. The number of rotatable bonds is 5. The Morgan fingerprint density at radius 3 is 2.68 bits per heavy atom. The first kappa shape index (κ1) is 14.0. The summed E-state index contributed by atoms with van der Waals surface area (Å²) < 4.78 is 5.18. The van der Waals surface area contributed by atoms with Gasteiger partial charge in [-0.15, -0.1) is 0 Å². The van der Waals surface area contributed by atoms with Crippen molar-refractivity contribution in [3.8, 4) is 11.4 Å². The van der Waals surface area contributed by atoms with Crippen molar-refractivity contribution in [2.24, 2.45) is 0 Å². The summed E-state index contributed by atoms with van der Waals surface area (Å²) >= 11 is 5.83. The number of benzene rings is 1. The van der Waals surface area contributed by atoms with Crippen LogP contribution in [-0.2, 0) is 6.54 Å². The Morgan fingerprint density at radius 2 is 2.05 bits per heavy atom. The van der Waals surface area contributed by atoms with Gasteiger partial charge in [0.05, 0.1) is 12.6 Å². The molecule has 1 aromatic carbocycles. The van der Waals surface area contributed by atoms with Crippen LogP contribution in [0.25, 0.3) is 11.4 Å². The van der Waals surface area contributed by atoms with Gasteiger partial charge in [0.1, 0.15) is 0 Å². The molecule has 0 aliphatic carbocycles. The molecular formula is C13H16ClN3O2. The van der Waals surface area contributed by atoms with Gasteiger partial charge in [-0.05, 0) is 38.2 Å². The van der Waals surface area contributed by atoms with E-state index in [0.29, 0.717) is 29.8 Å². The number of likely N-dealkylation sites (N-methyl/N-ethyl adjacent to an activating group) is 1. The normalized spacial score (nSPS) is 12.9. The van der Waals surface area contributed by atoms with Crippen molar-refractivity contribution in [2.75, 3.05) is 13.6 Å². The van der Waals surface area contributed by atoms with Crippen LogP contribution < -0.4 is 0 Å². The fourth-order valence-corrected chi connectivity index (χ4v) is 1.91. The molecule has 0 fully saturated rings. The Kier molecular flexibility index (Phi) is 4.52. The molecule has 0 radical (unpaired) electrons. The highest BCUT2D eigenvalue weighted by molar-refractivity contribution is 6.30. The lowest BCUT2D eigenvalue weighted by Crippen LogP contribution is -2.26. The summed E-state index contributed by atoms with van der Waals surface area (Å²) in [6, 6.07) is 7.26. The second kappa shape index (κ2) is 6.14. The van der Waals surface area contributed by atoms with Gasteiger partial charge >= 0.3 is 0 Å². The fraction of sp³-hybridized carbons (Fsp3) is 0.385. The summed E-state index contributed by atoms with van der Waals surface area (Å²) in [6.45, 7) is 2.80. The Morgan fingerprint density at radius 1 is 1.37 bits per heavy atom. The lowest BCUT2D eigenvalue weighted by Gasteiger charge is -2.15. The summed E-state index contributed by atoms with van der Waals surface area (Å²) in [4.78, 5) is 6.23. The minimum atomic E-state index is -0.386. The van der Waals surface area contributed by atoms with Crippen molar-refractivity contribution in [2.45, 2.75) is 19.6 Å². The number of aromatic nitrogens is 2. The molecule has 2 aromatic rings. The van der Waals surface area contributed by atoms with Gasteiger partial charge in [-0.2, -0.15) is 4.98 Å². The van der Waals surface area contributed by atoms with Crippen LogP contribution in [0, 0.1) is 0 Å². The van der Waals surface area contributed by atoms with Gasteiger partial charge in [0.2, 0.25) is 11.7 Å². The van der Waals surface area contributed by atoms with Crippen LogP contribution in [0.1, 0.15) is 12.8 Å². The maximum atomic E-state index is 9.29. The minimum absolute atomic E-state index is 0.386. The molecule has 0 bridgehead atoms. The molecule has 0 saturated heterocycles. The van der Waals surface area contributed by atoms with Crippen LogP contribution >= 0.6 is 11.6 Å². The Balaban J connectivity index is 2.04. The average Bonchev–Trinajstić information content (AvgIpc) is 2.77. The number of hydrogen-bond donors (Lipinski definition) is 1. The van der Waals surface area contributed by atoms with E-state index in [1.165, 1.54) is 0 Å². The van der Waals surface area contributed by atoms with Crippen molar-refractivity contribution in [1.82, 2.24) is 15.0 Å². The minimum Gasteiger partial charge on any atom is -0.392 e. The molecule has 0 amide bonds. The van der Waals surface area contributed by atoms with Gasteiger partial charge in [-0.3, -0.25) is 4.90 Å². The van der Waals surface area contributed by atoms with Crippen LogP contribution in [0.5, 0.6) is 0 Å². The van der Waals surface area contributed by atoms with Gasteiger partial charge in [0.15, 0.2) is 0 Å². The molecule has 102 valence electrons. The number of hydrogen-bond acceptors (Lipinski definition) is 5. The molecule has 1 heterocycles. The van der Waals surface area contributed by atoms with Crippen LogP contribution in [0.4, 0.5) is 0 Å². The average molecular weight is 282 g/mol. The summed E-state index contributed by atoms with van der Waals surface area (Å²) in [5.74, 6) is 1.06. The van der Waals surface area contributed by atoms with Gasteiger partial charge < -0.3 is 9.63 Å². The van der Waals surface area contributed by atoms with Crippen molar-refractivity contribution >= 4 is 11.6 Å². The molecule has 0 spiro atoms. The van der Waals surface area contributed by atoms with Gasteiger partial charge in [0.25, 0.3) is 0 Å². The zero-order valence-electron chi connectivity index (χ0n) is 10.9. The highest BCUT2D eigenvalue weighted by Gasteiger charge is 2.11. The lowest BCUT2D eigenvalue weighted by atomic mass is 10.2. The maximum absolute atomic E-state index is 9.29. The maximum Gasteiger partial charge on any atom is 0.241 e. The number of nitrogens with zero attached hydrogens (tertiary/aromatic N) is 3. The summed E-state index contributed by atoms with van der Waals surface area (Å²) in [6.07, 6.45) is -0.386. The van der Waals surface area contributed by atoms with E-state index in [4.69, 9.17) is 16.1 Å². The Labute approximate surface area is 116 Å². The molecule has 1 N–H and O–H groups in total. The predicted octanol–water partition coefficient (Wildman–Crippen LogP) is 2.20. The second-order valence-corrected chi connectivity index (χ2v) is 5.00. The highest BCUT2D eigenvalue weighted by atomic mass is 35.5. The SMILES string of the molecule is CC(O)CN(C)Cc1nc(-c2ccc(Cl)cc2)no1. The zero-order chi connectivity index (χ0) is 13.8. The third-order valence-corrected chi connectivity index (χ3v) is 2.80. The molecule has 1 aromatic heterocycles. The molecular weight excluding hydrogens is 266 g/mol. The van der Waals surface area contributed by atoms with E-state index in [1.54, 1.807) is 19.1 Å². The molecule has 5 nitrogen and oxygen atoms in total. The van der Waals surface area contributed by atoms with Crippen LogP contribution in [0.3, 0.4) is 0 Å². The molecule has 1 atom stereocenters. The molecule has 0 saturated carbocycles.